The lowest BCUT2D eigenvalue weighted by Crippen LogP contribution is -2.50. The van der Waals surface area contributed by atoms with Gasteiger partial charge in [0, 0.05) is 19.7 Å². The number of rotatable bonds is 8. The number of amides is 1. The molecule has 0 aromatic rings. The van der Waals surface area contributed by atoms with Crippen molar-refractivity contribution in [2.24, 2.45) is 5.92 Å². The molecule has 0 spiro atoms. The largest absolute Gasteiger partial charge is 0.383 e. The maximum absolute atomic E-state index is 11.6. The fraction of sp³-hybridized carbons (Fsp3) is 0.917. The van der Waals surface area contributed by atoms with Crippen LogP contribution < -0.4 is 10.6 Å². The number of carbonyl (C=O) groups excluding carboxylic acids is 1. The van der Waals surface area contributed by atoms with E-state index < -0.39 is 0 Å². The second kappa shape index (κ2) is 8.53. The zero-order valence-corrected chi connectivity index (χ0v) is 11.2. The predicted molar refractivity (Wildman–Crippen MR) is 66.4 cm³/mol. The summed E-state index contributed by atoms with van der Waals surface area (Å²) in [6.07, 6.45) is 0.962. The molecule has 0 saturated carbocycles. The molecule has 1 amide bonds. The van der Waals surface area contributed by atoms with E-state index in [-0.39, 0.29) is 18.0 Å². The van der Waals surface area contributed by atoms with Crippen LogP contribution in [0.15, 0.2) is 0 Å². The van der Waals surface area contributed by atoms with Crippen molar-refractivity contribution >= 4 is 5.91 Å². The lowest BCUT2D eigenvalue weighted by Gasteiger charge is -2.25. The van der Waals surface area contributed by atoms with Gasteiger partial charge in [-0.05, 0) is 19.3 Å². The molecule has 0 heterocycles. The van der Waals surface area contributed by atoms with Gasteiger partial charge in [-0.2, -0.15) is 0 Å². The van der Waals surface area contributed by atoms with Crippen LogP contribution >= 0.6 is 0 Å². The first-order valence-electron chi connectivity index (χ1n) is 6.05. The summed E-state index contributed by atoms with van der Waals surface area (Å²) in [6, 6.07) is 0.0430. The van der Waals surface area contributed by atoms with Gasteiger partial charge >= 0.3 is 0 Å². The van der Waals surface area contributed by atoms with E-state index in [9.17, 15) is 4.79 Å². The lowest BCUT2D eigenvalue weighted by molar-refractivity contribution is -0.123. The van der Waals surface area contributed by atoms with Gasteiger partial charge < -0.3 is 15.4 Å². The number of hydrogen-bond acceptors (Lipinski definition) is 3. The third-order valence-corrected chi connectivity index (χ3v) is 2.56. The molecule has 0 saturated heterocycles. The van der Waals surface area contributed by atoms with E-state index in [1.165, 1.54) is 0 Å². The number of hydrogen-bond donors (Lipinski definition) is 2. The molecule has 16 heavy (non-hydrogen) atoms. The van der Waals surface area contributed by atoms with E-state index >= 15 is 0 Å². The molecule has 0 aromatic heterocycles. The van der Waals surface area contributed by atoms with Crippen LogP contribution in [-0.4, -0.2) is 38.3 Å². The highest BCUT2D eigenvalue weighted by Crippen LogP contribution is 2.03. The highest BCUT2D eigenvalue weighted by atomic mass is 16.5. The number of ether oxygens (including phenoxy) is 1. The van der Waals surface area contributed by atoms with Crippen LogP contribution in [0.5, 0.6) is 0 Å². The van der Waals surface area contributed by atoms with E-state index in [2.05, 4.69) is 24.5 Å². The summed E-state index contributed by atoms with van der Waals surface area (Å²) in [4.78, 5) is 11.6. The Labute approximate surface area is 99.1 Å². The molecule has 0 radical (unpaired) electrons. The van der Waals surface area contributed by atoms with Crippen LogP contribution in [0.2, 0.25) is 0 Å². The minimum Gasteiger partial charge on any atom is -0.383 e. The Morgan fingerprint density at radius 1 is 1.31 bits per heavy atom. The minimum atomic E-state index is -0.172. The molecule has 0 aliphatic heterocycles. The molecule has 96 valence electrons. The summed E-state index contributed by atoms with van der Waals surface area (Å²) in [5.74, 6) is 0.505. The van der Waals surface area contributed by atoms with Gasteiger partial charge in [-0.25, -0.2) is 0 Å². The van der Waals surface area contributed by atoms with Crippen LogP contribution in [0, 0.1) is 5.92 Å². The molecule has 2 atom stereocenters. The SMILES string of the molecule is CCCNC(=O)C(C)NC(COC)C(C)C. The van der Waals surface area contributed by atoms with Crippen molar-refractivity contribution in [1.82, 2.24) is 10.6 Å². The van der Waals surface area contributed by atoms with Crippen LogP contribution in [0.25, 0.3) is 0 Å². The van der Waals surface area contributed by atoms with Gasteiger partial charge in [0.15, 0.2) is 0 Å². The Bertz CT molecular complexity index is 195. The van der Waals surface area contributed by atoms with Crippen LogP contribution in [0.4, 0.5) is 0 Å². The van der Waals surface area contributed by atoms with Crippen molar-refractivity contribution in [2.75, 3.05) is 20.3 Å². The normalized spacial score (nSPS) is 14.9. The predicted octanol–water partition coefficient (Wildman–Crippen LogP) is 1.16. The summed E-state index contributed by atoms with van der Waals surface area (Å²) in [5.41, 5.74) is 0. The molecular formula is C12H26N2O2. The topological polar surface area (TPSA) is 50.4 Å². The Balaban J connectivity index is 4.06. The first-order chi connectivity index (χ1) is 7.52. The molecule has 2 unspecified atom stereocenters. The van der Waals surface area contributed by atoms with Crippen molar-refractivity contribution < 1.29 is 9.53 Å². The van der Waals surface area contributed by atoms with E-state index in [0.717, 1.165) is 13.0 Å². The zero-order chi connectivity index (χ0) is 12.6. The fourth-order valence-electron chi connectivity index (χ4n) is 1.41. The highest BCUT2D eigenvalue weighted by Gasteiger charge is 2.19. The Kier molecular flexibility index (Phi) is 8.21. The maximum atomic E-state index is 11.6. The minimum absolute atomic E-state index is 0.0589. The second-order valence-corrected chi connectivity index (χ2v) is 4.49. The summed E-state index contributed by atoms with van der Waals surface area (Å²) in [7, 11) is 1.68. The van der Waals surface area contributed by atoms with E-state index in [0.29, 0.717) is 12.5 Å². The van der Waals surface area contributed by atoms with Crippen molar-refractivity contribution in [3.8, 4) is 0 Å². The van der Waals surface area contributed by atoms with Crippen LogP contribution in [-0.2, 0) is 9.53 Å². The lowest BCUT2D eigenvalue weighted by atomic mass is 10.0. The summed E-state index contributed by atoms with van der Waals surface area (Å²) in [6.45, 7) is 9.53. The van der Waals surface area contributed by atoms with Gasteiger partial charge in [0.25, 0.3) is 0 Å². The number of methoxy groups -OCH3 is 1. The molecule has 0 aliphatic carbocycles. The van der Waals surface area contributed by atoms with Gasteiger partial charge in [-0.15, -0.1) is 0 Å². The number of nitrogens with one attached hydrogen (secondary N) is 2. The summed E-state index contributed by atoms with van der Waals surface area (Å²) < 4.78 is 5.13. The van der Waals surface area contributed by atoms with E-state index in [1.54, 1.807) is 7.11 Å². The first-order valence-corrected chi connectivity index (χ1v) is 6.05. The van der Waals surface area contributed by atoms with Crippen molar-refractivity contribution in [3.63, 3.8) is 0 Å². The maximum Gasteiger partial charge on any atom is 0.236 e. The third kappa shape index (κ3) is 6.08. The standard InChI is InChI=1S/C12H26N2O2/c1-6-7-13-12(15)10(4)14-11(8-16-5)9(2)3/h9-11,14H,6-8H2,1-5H3,(H,13,15). The molecule has 0 aromatic carbocycles. The van der Waals surface area contributed by atoms with Crippen LogP contribution in [0.3, 0.4) is 0 Å². The molecule has 2 N–H and O–H groups in total. The molecule has 4 nitrogen and oxygen atoms in total. The fourth-order valence-corrected chi connectivity index (χ4v) is 1.41. The molecule has 0 fully saturated rings. The molecule has 0 aliphatic rings. The number of carbonyl (C=O) groups is 1. The van der Waals surface area contributed by atoms with Gasteiger partial charge in [0.2, 0.25) is 5.91 Å². The Hall–Kier alpha value is -0.610. The third-order valence-electron chi connectivity index (χ3n) is 2.56. The first kappa shape index (κ1) is 15.4. The summed E-state index contributed by atoms with van der Waals surface area (Å²) >= 11 is 0. The highest BCUT2D eigenvalue weighted by molar-refractivity contribution is 5.81. The van der Waals surface area contributed by atoms with Gasteiger partial charge in [-0.1, -0.05) is 20.8 Å². The Morgan fingerprint density at radius 2 is 1.94 bits per heavy atom. The van der Waals surface area contributed by atoms with E-state index in [4.69, 9.17) is 4.74 Å². The van der Waals surface area contributed by atoms with Gasteiger partial charge in [0.05, 0.1) is 12.6 Å². The molecule has 0 bridgehead atoms. The van der Waals surface area contributed by atoms with Crippen LogP contribution in [0.1, 0.15) is 34.1 Å². The molecule has 4 heteroatoms. The van der Waals surface area contributed by atoms with E-state index in [1.807, 2.05) is 13.8 Å². The van der Waals surface area contributed by atoms with Crippen molar-refractivity contribution in [1.29, 1.82) is 0 Å². The zero-order valence-electron chi connectivity index (χ0n) is 11.2. The monoisotopic (exact) mass is 230 g/mol. The second-order valence-electron chi connectivity index (χ2n) is 4.49. The van der Waals surface area contributed by atoms with Gasteiger partial charge in [-0.3, -0.25) is 4.79 Å². The quantitative estimate of drug-likeness (QED) is 0.658. The average Bonchev–Trinajstić information content (AvgIpc) is 2.24. The summed E-state index contributed by atoms with van der Waals surface area (Å²) in [5, 5.41) is 6.17. The average molecular weight is 230 g/mol. The van der Waals surface area contributed by atoms with Crippen molar-refractivity contribution in [3.05, 3.63) is 0 Å². The Morgan fingerprint density at radius 3 is 2.38 bits per heavy atom. The smallest absolute Gasteiger partial charge is 0.236 e. The molecule has 0 rings (SSSR count). The van der Waals surface area contributed by atoms with Crippen molar-refractivity contribution in [2.45, 2.75) is 46.2 Å². The molecular weight excluding hydrogens is 204 g/mol. The van der Waals surface area contributed by atoms with Gasteiger partial charge in [0.1, 0.15) is 0 Å².